The third-order valence-corrected chi connectivity index (χ3v) is 1.58. The fourth-order valence-electron chi connectivity index (χ4n) is 1.05. The average molecular weight is 187 g/mol. The second-order valence-electron chi connectivity index (χ2n) is 2.77. The van der Waals surface area contributed by atoms with E-state index in [-0.39, 0.29) is 12.6 Å². The van der Waals surface area contributed by atoms with Gasteiger partial charge in [0.25, 0.3) is 0 Å². The van der Waals surface area contributed by atoms with Crippen molar-refractivity contribution in [2.75, 3.05) is 19.7 Å². The predicted octanol–water partition coefficient (Wildman–Crippen LogP) is -2.08. The lowest BCUT2D eigenvalue weighted by molar-refractivity contribution is -0.131. The molecule has 0 spiro atoms. The van der Waals surface area contributed by atoms with Crippen molar-refractivity contribution < 1.29 is 14.3 Å². The molecule has 0 bridgehead atoms. The smallest absolute Gasteiger partial charge is 0.231 e. The van der Waals surface area contributed by atoms with Gasteiger partial charge in [-0.1, -0.05) is 0 Å². The Morgan fingerprint density at radius 2 is 2.38 bits per heavy atom. The van der Waals surface area contributed by atoms with Crippen molar-refractivity contribution in [1.82, 2.24) is 10.6 Å². The molecule has 0 aliphatic carbocycles. The van der Waals surface area contributed by atoms with Crippen molar-refractivity contribution >= 4 is 11.8 Å². The van der Waals surface area contributed by atoms with Crippen LogP contribution in [-0.4, -0.2) is 37.7 Å². The summed E-state index contributed by atoms with van der Waals surface area (Å²) >= 11 is 0. The lowest BCUT2D eigenvalue weighted by Gasteiger charge is -2.24. The molecule has 0 aromatic heterocycles. The SMILES string of the molecule is NC(=O)CC(=O)NC1CNCCO1. The Kier molecular flexibility index (Phi) is 3.66. The molecule has 13 heavy (non-hydrogen) atoms. The van der Waals surface area contributed by atoms with Gasteiger partial charge in [0.1, 0.15) is 12.6 Å². The molecule has 1 aliphatic heterocycles. The van der Waals surface area contributed by atoms with E-state index in [4.69, 9.17) is 10.5 Å². The normalized spacial score (nSPS) is 22.3. The first-order valence-electron chi connectivity index (χ1n) is 4.08. The number of ether oxygens (including phenoxy) is 1. The fraction of sp³-hybridized carbons (Fsp3) is 0.714. The number of rotatable bonds is 3. The zero-order chi connectivity index (χ0) is 9.68. The van der Waals surface area contributed by atoms with Crippen LogP contribution in [0.4, 0.5) is 0 Å². The standard InChI is InChI=1S/C7H13N3O3/c8-5(11)3-6(12)10-7-4-9-1-2-13-7/h7,9H,1-4H2,(H2,8,11)(H,10,12). The van der Waals surface area contributed by atoms with E-state index in [1.807, 2.05) is 0 Å². The Labute approximate surface area is 75.8 Å². The van der Waals surface area contributed by atoms with Crippen LogP contribution in [0.25, 0.3) is 0 Å². The molecule has 1 rings (SSSR count). The molecule has 4 N–H and O–H groups in total. The molecule has 1 atom stereocenters. The third-order valence-electron chi connectivity index (χ3n) is 1.58. The maximum absolute atomic E-state index is 11.0. The number of hydrogen-bond acceptors (Lipinski definition) is 4. The van der Waals surface area contributed by atoms with Gasteiger partial charge in [0.05, 0.1) is 6.61 Å². The summed E-state index contributed by atoms with van der Waals surface area (Å²) < 4.78 is 5.18. The largest absolute Gasteiger partial charge is 0.369 e. The summed E-state index contributed by atoms with van der Waals surface area (Å²) in [5, 5.41) is 5.56. The number of morpholine rings is 1. The molecule has 6 heteroatoms. The van der Waals surface area contributed by atoms with Gasteiger partial charge < -0.3 is 21.1 Å². The summed E-state index contributed by atoms with van der Waals surface area (Å²) in [6, 6.07) is 0. The molecule has 74 valence electrons. The highest BCUT2D eigenvalue weighted by Crippen LogP contribution is 1.92. The lowest BCUT2D eigenvalue weighted by Crippen LogP contribution is -2.49. The molecule has 1 aliphatic rings. The summed E-state index contributed by atoms with van der Waals surface area (Å²) in [4.78, 5) is 21.4. The summed E-state index contributed by atoms with van der Waals surface area (Å²) in [5.41, 5.74) is 4.84. The average Bonchev–Trinajstić information content (AvgIpc) is 2.04. The number of carbonyl (C=O) groups excluding carboxylic acids is 2. The maximum Gasteiger partial charge on any atom is 0.231 e. The molecule has 0 saturated carbocycles. The van der Waals surface area contributed by atoms with Crippen LogP contribution >= 0.6 is 0 Å². The maximum atomic E-state index is 11.0. The summed E-state index contributed by atoms with van der Waals surface area (Å²) in [5.74, 6) is -1.04. The molecule has 1 fully saturated rings. The topological polar surface area (TPSA) is 93.5 Å². The highest BCUT2D eigenvalue weighted by Gasteiger charge is 2.16. The zero-order valence-electron chi connectivity index (χ0n) is 7.21. The van der Waals surface area contributed by atoms with Gasteiger partial charge in [-0.15, -0.1) is 0 Å². The van der Waals surface area contributed by atoms with Gasteiger partial charge in [-0.3, -0.25) is 9.59 Å². The number of nitrogens with two attached hydrogens (primary N) is 1. The van der Waals surface area contributed by atoms with E-state index in [1.165, 1.54) is 0 Å². The first kappa shape index (κ1) is 9.94. The van der Waals surface area contributed by atoms with Crippen LogP contribution in [0, 0.1) is 0 Å². The predicted molar refractivity (Wildman–Crippen MR) is 44.6 cm³/mol. The quantitative estimate of drug-likeness (QED) is 0.442. The summed E-state index contributed by atoms with van der Waals surface area (Å²) in [7, 11) is 0. The van der Waals surface area contributed by atoms with Crippen molar-refractivity contribution in [1.29, 1.82) is 0 Å². The molecule has 2 amide bonds. The molecule has 1 unspecified atom stereocenters. The van der Waals surface area contributed by atoms with E-state index in [0.717, 1.165) is 6.54 Å². The van der Waals surface area contributed by atoms with Crippen molar-refractivity contribution in [3.8, 4) is 0 Å². The summed E-state index contributed by atoms with van der Waals surface area (Å²) in [6.45, 7) is 1.90. The molecule has 1 heterocycles. The van der Waals surface area contributed by atoms with Crippen molar-refractivity contribution in [2.45, 2.75) is 12.6 Å². The van der Waals surface area contributed by atoms with Crippen molar-refractivity contribution in [3.63, 3.8) is 0 Å². The Bertz CT molecular complexity index is 201. The highest BCUT2D eigenvalue weighted by atomic mass is 16.5. The molecular formula is C7H13N3O3. The van der Waals surface area contributed by atoms with Crippen LogP contribution in [0.3, 0.4) is 0 Å². The first-order chi connectivity index (χ1) is 6.18. The zero-order valence-corrected chi connectivity index (χ0v) is 7.21. The van der Waals surface area contributed by atoms with Crippen LogP contribution < -0.4 is 16.4 Å². The van der Waals surface area contributed by atoms with E-state index in [9.17, 15) is 9.59 Å². The van der Waals surface area contributed by atoms with E-state index in [1.54, 1.807) is 0 Å². The molecular weight excluding hydrogens is 174 g/mol. The molecule has 6 nitrogen and oxygen atoms in total. The van der Waals surface area contributed by atoms with Gasteiger partial charge in [-0.2, -0.15) is 0 Å². The van der Waals surface area contributed by atoms with Gasteiger partial charge in [0.15, 0.2) is 0 Å². The van der Waals surface area contributed by atoms with Crippen LogP contribution in [0.5, 0.6) is 0 Å². The van der Waals surface area contributed by atoms with Crippen LogP contribution in [0.15, 0.2) is 0 Å². The van der Waals surface area contributed by atoms with Crippen LogP contribution in [0.1, 0.15) is 6.42 Å². The minimum Gasteiger partial charge on any atom is -0.369 e. The number of amides is 2. The number of nitrogens with one attached hydrogen (secondary N) is 2. The number of primary amides is 1. The Morgan fingerprint density at radius 3 is 2.92 bits per heavy atom. The lowest BCUT2D eigenvalue weighted by atomic mass is 10.3. The highest BCUT2D eigenvalue weighted by molar-refractivity contribution is 5.96. The summed E-state index contributed by atoms with van der Waals surface area (Å²) in [6.07, 6.45) is -0.638. The molecule has 0 aromatic carbocycles. The van der Waals surface area contributed by atoms with E-state index in [0.29, 0.717) is 13.2 Å². The third kappa shape index (κ3) is 3.86. The second kappa shape index (κ2) is 4.78. The van der Waals surface area contributed by atoms with Crippen molar-refractivity contribution in [2.24, 2.45) is 5.73 Å². The second-order valence-corrected chi connectivity index (χ2v) is 2.77. The number of carbonyl (C=O) groups is 2. The van der Waals surface area contributed by atoms with Gasteiger partial charge in [0, 0.05) is 13.1 Å². The van der Waals surface area contributed by atoms with Gasteiger partial charge in [-0.05, 0) is 0 Å². The van der Waals surface area contributed by atoms with Crippen LogP contribution in [-0.2, 0) is 14.3 Å². The first-order valence-corrected chi connectivity index (χ1v) is 4.08. The fourth-order valence-corrected chi connectivity index (χ4v) is 1.05. The monoisotopic (exact) mass is 187 g/mol. The molecule has 0 aromatic rings. The van der Waals surface area contributed by atoms with Gasteiger partial charge in [0.2, 0.25) is 11.8 Å². The molecule has 1 saturated heterocycles. The molecule has 0 radical (unpaired) electrons. The van der Waals surface area contributed by atoms with Crippen LogP contribution in [0.2, 0.25) is 0 Å². The number of hydrogen-bond donors (Lipinski definition) is 3. The Balaban J connectivity index is 2.22. The Hall–Kier alpha value is -1.14. The minimum absolute atomic E-state index is 0.292. The van der Waals surface area contributed by atoms with E-state index in [2.05, 4.69) is 10.6 Å². The Morgan fingerprint density at radius 1 is 1.62 bits per heavy atom. The van der Waals surface area contributed by atoms with Gasteiger partial charge in [-0.25, -0.2) is 0 Å². The minimum atomic E-state index is -0.638. The van der Waals surface area contributed by atoms with E-state index >= 15 is 0 Å². The van der Waals surface area contributed by atoms with Crippen molar-refractivity contribution in [3.05, 3.63) is 0 Å². The van der Waals surface area contributed by atoms with Gasteiger partial charge >= 0.3 is 0 Å². The van der Waals surface area contributed by atoms with E-state index < -0.39 is 11.8 Å².